The second-order valence-corrected chi connectivity index (χ2v) is 12.6. The Labute approximate surface area is 273 Å². The maximum absolute atomic E-state index is 13.6. The number of methoxy groups -OCH3 is 1. The molecule has 224 valence electrons. The van der Waals surface area contributed by atoms with E-state index in [1.807, 2.05) is 66.0 Å². The Bertz CT molecular complexity index is 2260. The van der Waals surface area contributed by atoms with E-state index in [9.17, 15) is 9.59 Å². The normalized spacial score (nSPS) is 11.3. The number of aromatic nitrogens is 1. The summed E-state index contributed by atoms with van der Waals surface area (Å²) in [6.45, 7) is 0. The van der Waals surface area contributed by atoms with Crippen molar-refractivity contribution in [1.29, 1.82) is 0 Å². The molecule has 0 saturated carbocycles. The third-order valence-corrected chi connectivity index (χ3v) is 9.66. The summed E-state index contributed by atoms with van der Waals surface area (Å²) in [6.07, 6.45) is 3.35. The van der Waals surface area contributed by atoms with E-state index in [1.165, 1.54) is 11.3 Å². The number of benzene rings is 4. The molecule has 1 amide bonds. The number of hydrogen-bond donors (Lipinski definition) is 2. The molecule has 0 aliphatic carbocycles. The number of nitrogens with one attached hydrogen (secondary N) is 1. The molecule has 0 atom stereocenters. The number of carbonyl (C=O) groups is 2. The van der Waals surface area contributed by atoms with Crippen molar-refractivity contribution in [2.24, 2.45) is 0 Å². The van der Waals surface area contributed by atoms with Crippen molar-refractivity contribution in [3.63, 3.8) is 0 Å². The molecule has 6 nitrogen and oxygen atoms in total. The number of nitrogen functional groups attached to an aromatic ring is 1. The van der Waals surface area contributed by atoms with Crippen LogP contribution >= 0.6 is 22.7 Å². The molecule has 0 spiro atoms. The third-order valence-electron chi connectivity index (χ3n) is 7.72. The van der Waals surface area contributed by atoms with E-state index in [0.29, 0.717) is 37.8 Å². The van der Waals surface area contributed by atoms with Crippen molar-refractivity contribution < 1.29 is 14.3 Å². The summed E-state index contributed by atoms with van der Waals surface area (Å²) < 4.78 is 5.52. The van der Waals surface area contributed by atoms with Gasteiger partial charge in [-0.15, -0.1) is 22.7 Å². The molecule has 8 heteroatoms. The fourth-order valence-electron chi connectivity index (χ4n) is 5.44. The first-order valence-corrected chi connectivity index (χ1v) is 16.2. The molecule has 0 unspecified atom stereocenters. The number of thiophene rings is 2. The van der Waals surface area contributed by atoms with Gasteiger partial charge < -0.3 is 15.8 Å². The zero-order valence-corrected chi connectivity index (χ0v) is 26.3. The van der Waals surface area contributed by atoms with E-state index in [0.717, 1.165) is 38.0 Å². The zero-order chi connectivity index (χ0) is 31.6. The molecule has 46 heavy (non-hydrogen) atoms. The number of rotatable bonds is 8. The van der Waals surface area contributed by atoms with Gasteiger partial charge in [0.15, 0.2) is 5.78 Å². The molecule has 0 bridgehead atoms. The average Bonchev–Trinajstić information content (AvgIpc) is 3.74. The van der Waals surface area contributed by atoms with Crippen molar-refractivity contribution in [3.8, 4) is 28.1 Å². The fourth-order valence-corrected chi connectivity index (χ4v) is 7.07. The highest BCUT2D eigenvalue weighted by Gasteiger charge is 2.22. The summed E-state index contributed by atoms with van der Waals surface area (Å²) in [7, 11) is 1.63. The molecule has 0 aliphatic heterocycles. The first-order chi connectivity index (χ1) is 22.5. The molecule has 0 radical (unpaired) electrons. The van der Waals surface area contributed by atoms with Crippen molar-refractivity contribution in [1.82, 2.24) is 4.98 Å². The fraction of sp³-hybridized carbons (Fsp3) is 0.0263. The van der Waals surface area contributed by atoms with Gasteiger partial charge in [-0.05, 0) is 88.0 Å². The van der Waals surface area contributed by atoms with Crippen LogP contribution in [0.1, 0.15) is 24.9 Å². The van der Waals surface area contributed by atoms with Crippen molar-refractivity contribution >= 4 is 72.8 Å². The molecule has 0 saturated heterocycles. The van der Waals surface area contributed by atoms with Gasteiger partial charge in [-0.1, -0.05) is 60.7 Å². The Kier molecular flexibility index (Phi) is 7.88. The Morgan fingerprint density at radius 2 is 1.67 bits per heavy atom. The van der Waals surface area contributed by atoms with E-state index in [4.69, 9.17) is 15.5 Å². The third kappa shape index (κ3) is 5.67. The molecule has 3 N–H and O–H groups in total. The van der Waals surface area contributed by atoms with Crippen LogP contribution in [0.2, 0.25) is 0 Å². The highest BCUT2D eigenvalue weighted by molar-refractivity contribution is 7.21. The topological polar surface area (TPSA) is 94.3 Å². The number of amides is 1. The van der Waals surface area contributed by atoms with Gasteiger partial charge in [0.25, 0.3) is 5.91 Å². The summed E-state index contributed by atoms with van der Waals surface area (Å²) in [4.78, 5) is 33.3. The largest absolute Gasteiger partial charge is 0.497 e. The molecule has 3 heterocycles. The number of carbonyl (C=O) groups excluding carboxylic acids is 2. The molecular weight excluding hydrogens is 611 g/mol. The van der Waals surface area contributed by atoms with Gasteiger partial charge in [-0.25, -0.2) is 4.98 Å². The minimum Gasteiger partial charge on any atom is -0.497 e. The van der Waals surface area contributed by atoms with Gasteiger partial charge in [0.2, 0.25) is 0 Å². The minimum atomic E-state index is -0.347. The van der Waals surface area contributed by atoms with Gasteiger partial charge in [-0.3, -0.25) is 9.59 Å². The predicted octanol–water partition coefficient (Wildman–Crippen LogP) is 9.58. The van der Waals surface area contributed by atoms with E-state index < -0.39 is 0 Å². The SMILES string of the molecule is COc1cccc(-c2cc(-c3cccc4ccccc34)nc3sc(C(=O)Nc4ccc(C(=O)/C=C/c5cccs5)cc4)c(N)c23)c1. The number of hydrogen-bond acceptors (Lipinski definition) is 7. The van der Waals surface area contributed by atoms with Crippen molar-refractivity contribution in [2.45, 2.75) is 0 Å². The predicted molar refractivity (Wildman–Crippen MR) is 191 cm³/mol. The number of ether oxygens (including phenoxy) is 1. The highest BCUT2D eigenvalue weighted by Crippen LogP contribution is 2.43. The molecule has 4 aromatic carbocycles. The lowest BCUT2D eigenvalue weighted by atomic mass is 9.97. The lowest BCUT2D eigenvalue weighted by molar-refractivity contribution is 0.102. The van der Waals surface area contributed by atoms with E-state index in [-0.39, 0.29) is 11.7 Å². The molecule has 0 aliphatic rings. The van der Waals surface area contributed by atoms with Crippen LogP contribution < -0.4 is 15.8 Å². The highest BCUT2D eigenvalue weighted by atomic mass is 32.1. The lowest BCUT2D eigenvalue weighted by Gasteiger charge is -2.11. The summed E-state index contributed by atoms with van der Waals surface area (Å²) in [5, 5.41) is 7.82. The van der Waals surface area contributed by atoms with Crippen molar-refractivity contribution in [3.05, 3.63) is 136 Å². The van der Waals surface area contributed by atoms with Gasteiger partial charge in [-0.2, -0.15) is 0 Å². The number of allylic oxidation sites excluding steroid dienone is 1. The molecule has 3 aromatic heterocycles. The first-order valence-electron chi connectivity index (χ1n) is 14.5. The smallest absolute Gasteiger partial charge is 0.267 e. The molecule has 7 rings (SSSR count). The lowest BCUT2D eigenvalue weighted by Crippen LogP contribution is -2.12. The second-order valence-electron chi connectivity index (χ2n) is 10.6. The van der Waals surface area contributed by atoms with Gasteiger partial charge in [0, 0.05) is 27.1 Å². The summed E-state index contributed by atoms with van der Waals surface area (Å²) in [5.74, 6) is 0.253. The van der Waals surface area contributed by atoms with Crippen LogP contribution in [0.4, 0.5) is 11.4 Å². The van der Waals surface area contributed by atoms with Crippen LogP contribution in [-0.2, 0) is 0 Å². The van der Waals surface area contributed by atoms with Crippen LogP contribution in [0.25, 0.3) is 49.4 Å². The Morgan fingerprint density at radius 1 is 0.870 bits per heavy atom. The van der Waals surface area contributed by atoms with E-state index >= 15 is 0 Å². The van der Waals surface area contributed by atoms with Crippen LogP contribution in [0.15, 0.2) is 121 Å². The standard InChI is InChI=1S/C38H27N3O3S2/c1-44-27-10-4-9-25(21-27)31-22-32(30-13-5-8-23-7-2-3-12-29(23)30)41-38-34(31)35(39)36(46-38)37(43)40-26-16-14-24(15-17-26)33(42)19-18-28-11-6-20-45-28/h2-22H,39H2,1H3,(H,40,43)/b19-18+. The monoisotopic (exact) mass is 637 g/mol. The maximum Gasteiger partial charge on any atom is 0.267 e. The van der Waals surface area contributed by atoms with Crippen LogP contribution in [-0.4, -0.2) is 23.8 Å². The summed E-state index contributed by atoms with van der Waals surface area (Å²) in [6, 6.07) is 34.9. The van der Waals surface area contributed by atoms with Crippen LogP contribution in [0.5, 0.6) is 5.75 Å². The number of nitrogens with zero attached hydrogens (tertiary/aromatic N) is 1. The van der Waals surface area contributed by atoms with E-state index in [1.54, 1.807) is 54.9 Å². The number of anilines is 2. The number of pyridine rings is 1. The van der Waals surface area contributed by atoms with Gasteiger partial charge in [0.1, 0.15) is 15.5 Å². The second kappa shape index (κ2) is 12.4. The van der Waals surface area contributed by atoms with Crippen LogP contribution in [0.3, 0.4) is 0 Å². The van der Waals surface area contributed by atoms with Gasteiger partial charge in [0.05, 0.1) is 18.5 Å². The minimum absolute atomic E-state index is 0.113. The van der Waals surface area contributed by atoms with Gasteiger partial charge >= 0.3 is 0 Å². The number of fused-ring (bicyclic) bond motifs is 2. The quantitative estimate of drug-likeness (QED) is 0.128. The Morgan fingerprint density at radius 3 is 2.48 bits per heavy atom. The maximum atomic E-state index is 13.6. The summed E-state index contributed by atoms with van der Waals surface area (Å²) >= 11 is 2.82. The Hall–Kier alpha value is -5.57. The number of ketones is 1. The van der Waals surface area contributed by atoms with E-state index in [2.05, 4.69) is 29.6 Å². The molecular formula is C38H27N3O3S2. The summed E-state index contributed by atoms with van der Waals surface area (Å²) in [5.41, 5.74) is 11.7. The number of nitrogens with two attached hydrogens (primary N) is 1. The molecule has 7 aromatic rings. The van der Waals surface area contributed by atoms with Crippen molar-refractivity contribution in [2.75, 3.05) is 18.2 Å². The zero-order valence-electron chi connectivity index (χ0n) is 24.7. The first kappa shape index (κ1) is 29.2. The average molecular weight is 638 g/mol. The molecule has 0 fully saturated rings. The Balaban J connectivity index is 1.26. The van der Waals surface area contributed by atoms with Crippen LogP contribution in [0, 0.1) is 0 Å².